The summed E-state index contributed by atoms with van der Waals surface area (Å²) in [6.07, 6.45) is 0. The molecule has 0 aliphatic heterocycles. The summed E-state index contributed by atoms with van der Waals surface area (Å²) in [5.41, 5.74) is 5.91. The highest BCUT2D eigenvalue weighted by molar-refractivity contribution is 7.89. The Morgan fingerprint density at radius 2 is 2.00 bits per heavy atom. The van der Waals surface area contributed by atoms with Crippen molar-refractivity contribution in [3.05, 3.63) is 18.0 Å². The van der Waals surface area contributed by atoms with E-state index < -0.39 is 10.0 Å². The van der Waals surface area contributed by atoms with Crippen molar-refractivity contribution < 1.29 is 17.9 Å². The Labute approximate surface area is 120 Å². The molecule has 1 aromatic carbocycles. The van der Waals surface area contributed by atoms with Crippen LogP contribution in [0.5, 0.6) is 11.5 Å². The first-order valence-electron chi connectivity index (χ1n) is 5.71. The van der Waals surface area contributed by atoms with Crippen LogP contribution in [-0.2, 0) is 16.6 Å². The molecule has 0 amide bonds. The smallest absolute Gasteiger partial charge is 0.244 e. The Kier molecular flexibility index (Phi) is 4.23. The summed E-state index contributed by atoms with van der Waals surface area (Å²) in [7, 11) is -1.08. The van der Waals surface area contributed by atoms with E-state index in [9.17, 15) is 8.42 Å². The standard InChI is InChI=1S/C10H14N6O4S/c1-19-7-4-8(20-2)9(3-6(7)11)21(17,18)12-5-10-13-15-16-14-10/h3-4,12H,5,11H2,1-2H3,(H,13,14,15,16). The minimum Gasteiger partial charge on any atom is -0.495 e. The van der Waals surface area contributed by atoms with Crippen LogP contribution in [-0.4, -0.2) is 43.3 Å². The van der Waals surface area contributed by atoms with Crippen LogP contribution in [0.25, 0.3) is 0 Å². The molecular formula is C10H14N6O4S. The van der Waals surface area contributed by atoms with Crippen molar-refractivity contribution in [3.8, 4) is 11.5 Å². The predicted octanol–water partition coefficient (Wildman–Crippen LogP) is -0.722. The molecule has 21 heavy (non-hydrogen) atoms. The molecule has 0 aliphatic rings. The van der Waals surface area contributed by atoms with Gasteiger partial charge in [-0.25, -0.2) is 13.1 Å². The zero-order valence-electron chi connectivity index (χ0n) is 11.3. The molecule has 0 saturated heterocycles. The van der Waals surface area contributed by atoms with Crippen molar-refractivity contribution in [3.63, 3.8) is 0 Å². The Morgan fingerprint density at radius 1 is 1.29 bits per heavy atom. The Balaban J connectivity index is 2.32. The van der Waals surface area contributed by atoms with Crippen LogP contribution in [0.1, 0.15) is 5.82 Å². The fraction of sp³-hybridized carbons (Fsp3) is 0.300. The molecule has 114 valence electrons. The number of aromatic nitrogens is 4. The third kappa shape index (κ3) is 3.20. The number of rotatable bonds is 6. The molecule has 0 unspecified atom stereocenters. The molecule has 0 spiro atoms. The molecule has 0 bridgehead atoms. The number of nitrogen functional groups attached to an aromatic ring is 1. The van der Waals surface area contributed by atoms with Crippen molar-refractivity contribution >= 4 is 15.7 Å². The number of anilines is 1. The van der Waals surface area contributed by atoms with E-state index in [1.165, 1.54) is 26.4 Å². The van der Waals surface area contributed by atoms with Crippen molar-refractivity contribution in [1.82, 2.24) is 25.3 Å². The third-order valence-corrected chi connectivity index (χ3v) is 4.04. The number of hydrogen-bond donors (Lipinski definition) is 3. The minimum atomic E-state index is -3.86. The summed E-state index contributed by atoms with van der Waals surface area (Å²) in [4.78, 5) is -0.105. The number of sulfonamides is 1. The van der Waals surface area contributed by atoms with E-state index in [-0.39, 0.29) is 28.7 Å². The Hall–Kier alpha value is -2.40. The molecule has 0 aliphatic carbocycles. The first-order valence-corrected chi connectivity index (χ1v) is 7.19. The minimum absolute atomic E-state index is 0.105. The highest BCUT2D eigenvalue weighted by Gasteiger charge is 2.22. The topological polar surface area (TPSA) is 145 Å². The fourth-order valence-electron chi connectivity index (χ4n) is 1.60. The van der Waals surface area contributed by atoms with E-state index in [0.29, 0.717) is 5.75 Å². The van der Waals surface area contributed by atoms with Crippen LogP contribution in [0.3, 0.4) is 0 Å². The fourth-order valence-corrected chi connectivity index (χ4v) is 2.76. The third-order valence-electron chi connectivity index (χ3n) is 2.62. The quantitative estimate of drug-likeness (QED) is 0.592. The molecule has 0 radical (unpaired) electrons. The van der Waals surface area contributed by atoms with Gasteiger partial charge >= 0.3 is 0 Å². The van der Waals surface area contributed by atoms with Gasteiger partial charge in [-0.05, 0) is 6.07 Å². The number of H-pyrrole nitrogens is 1. The predicted molar refractivity (Wildman–Crippen MR) is 72.2 cm³/mol. The van der Waals surface area contributed by atoms with Crippen LogP contribution < -0.4 is 19.9 Å². The number of ether oxygens (including phenoxy) is 2. The Bertz CT molecular complexity index is 715. The summed E-state index contributed by atoms with van der Waals surface area (Å²) in [5.74, 6) is 0.643. The zero-order valence-corrected chi connectivity index (χ0v) is 12.1. The van der Waals surface area contributed by atoms with E-state index in [4.69, 9.17) is 15.2 Å². The first kappa shape index (κ1) is 15.0. The maximum absolute atomic E-state index is 12.3. The zero-order chi connectivity index (χ0) is 15.5. The van der Waals surface area contributed by atoms with E-state index in [0.717, 1.165) is 0 Å². The lowest BCUT2D eigenvalue weighted by atomic mass is 10.3. The van der Waals surface area contributed by atoms with Crippen LogP contribution in [0.4, 0.5) is 5.69 Å². The van der Waals surface area contributed by atoms with Gasteiger partial charge in [-0.1, -0.05) is 5.21 Å². The van der Waals surface area contributed by atoms with Gasteiger partial charge in [0.1, 0.15) is 16.4 Å². The summed E-state index contributed by atoms with van der Waals surface area (Å²) < 4.78 is 37.0. The van der Waals surface area contributed by atoms with Gasteiger partial charge in [0.15, 0.2) is 5.82 Å². The lowest BCUT2D eigenvalue weighted by molar-refractivity contribution is 0.387. The van der Waals surface area contributed by atoms with E-state index >= 15 is 0 Å². The SMILES string of the molecule is COc1cc(OC)c(S(=O)(=O)NCc2nn[nH]n2)cc1N. The molecule has 1 aromatic heterocycles. The number of nitrogens with two attached hydrogens (primary N) is 1. The summed E-state index contributed by atoms with van der Waals surface area (Å²) in [5, 5.41) is 12.9. The van der Waals surface area contributed by atoms with E-state index in [1.54, 1.807) is 0 Å². The van der Waals surface area contributed by atoms with Crippen LogP contribution in [0.15, 0.2) is 17.0 Å². The van der Waals surface area contributed by atoms with Gasteiger partial charge in [-0.2, -0.15) is 5.21 Å². The second-order valence-corrected chi connectivity index (χ2v) is 5.63. The van der Waals surface area contributed by atoms with Crippen molar-refractivity contribution in [1.29, 1.82) is 0 Å². The second-order valence-electron chi connectivity index (χ2n) is 3.90. The van der Waals surface area contributed by atoms with E-state index in [1.807, 2.05) is 0 Å². The Morgan fingerprint density at radius 3 is 2.57 bits per heavy atom. The highest BCUT2D eigenvalue weighted by atomic mass is 32.2. The average Bonchev–Trinajstić information content (AvgIpc) is 2.98. The van der Waals surface area contributed by atoms with Gasteiger partial charge in [0.05, 0.1) is 26.5 Å². The van der Waals surface area contributed by atoms with Gasteiger partial charge in [0, 0.05) is 6.07 Å². The molecule has 4 N–H and O–H groups in total. The summed E-state index contributed by atoms with van der Waals surface area (Å²) in [6.45, 7) is -0.117. The molecule has 0 saturated carbocycles. The van der Waals surface area contributed by atoms with Crippen molar-refractivity contribution in [2.75, 3.05) is 20.0 Å². The highest BCUT2D eigenvalue weighted by Crippen LogP contribution is 2.33. The molecule has 1 heterocycles. The van der Waals surface area contributed by atoms with Gasteiger partial charge in [0.25, 0.3) is 0 Å². The molecule has 11 heteroatoms. The average molecular weight is 314 g/mol. The number of benzene rings is 1. The molecule has 2 rings (SSSR count). The van der Waals surface area contributed by atoms with E-state index in [2.05, 4.69) is 25.3 Å². The second kappa shape index (κ2) is 5.93. The first-order chi connectivity index (χ1) is 9.97. The number of nitrogens with zero attached hydrogens (tertiary/aromatic N) is 3. The maximum Gasteiger partial charge on any atom is 0.244 e. The van der Waals surface area contributed by atoms with Gasteiger partial charge in [-0.3, -0.25) is 0 Å². The molecular weight excluding hydrogens is 300 g/mol. The van der Waals surface area contributed by atoms with Gasteiger partial charge in [-0.15, -0.1) is 10.2 Å². The molecule has 0 atom stereocenters. The normalized spacial score (nSPS) is 11.3. The lowest BCUT2D eigenvalue weighted by Gasteiger charge is -2.13. The molecule has 0 fully saturated rings. The molecule has 10 nitrogen and oxygen atoms in total. The number of methoxy groups -OCH3 is 2. The number of nitrogens with one attached hydrogen (secondary N) is 2. The monoisotopic (exact) mass is 314 g/mol. The number of tetrazole rings is 1. The molecule has 2 aromatic rings. The van der Waals surface area contributed by atoms with Crippen LogP contribution >= 0.6 is 0 Å². The van der Waals surface area contributed by atoms with Crippen LogP contribution in [0.2, 0.25) is 0 Å². The summed E-state index contributed by atoms with van der Waals surface area (Å²) >= 11 is 0. The summed E-state index contributed by atoms with van der Waals surface area (Å²) in [6, 6.07) is 2.66. The largest absolute Gasteiger partial charge is 0.495 e. The number of hydrogen-bond acceptors (Lipinski definition) is 8. The number of aromatic amines is 1. The van der Waals surface area contributed by atoms with Crippen LogP contribution in [0, 0.1) is 0 Å². The van der Waals surface area contributed by atoms with Crippen molar-refractivity contribution in [2.24, 2.45) is 0 Å². The van der Waals surface area contributed by atoms with Crippen molar-refractivity contribution in [2.45, 2.75) is 11.4 Å². The van der Waals surface area contributed by atoms with Gasteiger partial charge in [0.2, 0.25) is 10.0 Å². The maximum atomic E-state index is 12.3. The lowest BCUT2D eigenvalue weighted by Crippen LogP contribution is -2.24. The van der Waals surface area contributed by atoms with Gasteiger partial charge < -0.3 is 15.2 Å².